The Hall–Kier alpha value is -0.130. The lowest BCUT2D eigenvalue weighted by atomic mass is 10.0. The largest absolute Gasteiger partial charge is 0.326 e. The van der Waals surface area contributed by atoms with Gasteiger partial charge in [-0.1, -0.05) is 0 Å². The average Bonchev–Trinajstić information content (AvgIpc) is 2.25. The summed E-state index contributed by atoms with van der Waals surface area (Å²) in [6.45, 7) is 5.97. The molecule has 0 spiro atoms. The molecule has 1 unspecified atom stereocenters. The van der Waals surface area contributed by atoms with E-state index in [4.69, 9.17) is 5.73 Å². The zero-order chi connectivity index (χ0) is 10.3. The topological polar surface area (TPSA) is 63.4 Å². The van der Waals surface area contributed by atoms with E-state index in [2.05, 4.69) is 0 Å². The van der Waals surface area contributed by atoms with Gasteiger partial charge in [-0.05, 0) is 27.2 Å². The summed E-state index contributed by atoms with van der Waals surface area (Å²) >= 11 is 0. The number of hydrogen-bond acceptors (Lipinski definition) is 3. The first-order chi connectivity index (χ1) is 5.79. The van der Waals surface area contributed by atoms with Crippen molar-refractivity contribution in [2.24, 2.45) is 5.73 Å². The molecule has 78 valence electrons. The van der Waals surface area contributed by atoms with Gasteiger partial charge in [0.25, 0.3) is 0 Å². The Bertz CT molecular complexity index is 285. The third kappa shape index (κ3) is 2.03. The fraction of sp³-hybridized carbons (Fsp3) is 1.00. The van der Waals surface area contributed by atoms with Crippen molar-refractivity contribution < 1.29 is 8.42 Å². The molecule has 0 aromatic rings. The minimum atomic E-state index is -3.09. The highest BCUT2D eigenvalue weighted by molar-refractivity contribution is 7.89. The van der Waals surface area contributed by atoms with E-state index in [1.54, 1.807) is 6.92 Å². The first-order valence-corrected chi connectivity index (χ1v) is 6.16. The maximum atomic E-state index is 11.6. The number of nitrogens with two attached hydrogens (primary N) is 1. The van der Waals surface area contributed by atoms with Crippen molar-refractivity contribution >= 4 is 10.0 Å². The van der Waals surface area contributed by atoms with E-state index in [1.165, 1.54) is 4.31 Å². The molecule has 2 N–H and O–H groups in total. The van der Waals surface area contributed by atoms with Crippen LogP contribution in [0.5, 0.6) is 0 Å². The molecule has 0 bridgehead atoms. The zero-order valence-corrected chi connectivity index (χ0v) is 9.26. The van der Waals surface area contributed by atoms with Gasteiger partial charge in [-0.25, -0.2) is 8.42 Å². The molecule has 1 fully saturated rings. The van der Waals surface area contributed by atoms with Crippen molar-refractivity contribution in [3.63, 3.8) is 0 Å². The fourth-order valence-corrected chi connectivity index (χ4v) is 3.47. The van der Waals surface area contributed by atoms with Gasteiger partial charge in [0.05, 0.1) is 5.75 Å². The minimum Gasteiger partial charge on any atom is -0.326 e. The van der Waals surface area contributed by atoms with Gasteiger partial charge in [-0.15, -0.1) is 0 Å². The van der Waals surface area contributed by atoms with Crippen LogP contribution in [-0.2, 0) is 10.0 Å². The molecule has 5 heteroatoms. The first-order valence-electron chi connectivity index (χ1n) is 4.55. The first kappa shape index (κ1) is 10.9. The van der Waals surface area contributed by atoms with Gasteiger partial charge in [-0.2, -0.15) is 4.31 Å². The van der Waals surface area contributed by atoms with Gasteiger partial charge in [0.2, 0.25) is 10.0 Å². The van der Waals surface area contributed by atoms with E-state index in [0.717, 1.165) is 6.42 Å². The molecule has 0 aromatic carbocycles. The van der Waals surface area contributed by atoms with Crippen molar-refractivity contribution in [2.75, 3.05) is 12.3 Å². The zero-order valence-electron chi connectivity index (χ0n) is 8.45. The van der Waals surface area contributed by atoms with Gasteiger partial charge in [0, 0.05) is 18.1 Å². The summed E-state index contributed by atoms with van der Waals surface area (Å²) in [6.07, 6.45) is 0.742. The van der Waals surface area contributed by atoms with Gasteiger partial charge >= 0.3 is 0 Å². The Morgan fingerprint density at radius 3 is 2.38 bits per heavy atom. The minimum absolute atomic E-state index is 0.0173. The lowest BCUT2D eigenvalue weighted by molar-refractivity contribution is 0.292. The predicted molar refractivity (Wildman–Crippen MR) is 52.8 cm³/mol. The quantitative estimate of drug-likeness (QED) is 0.699. The molecule has 1 heterocycles. The number of nitrogens with zero attached hydrogens (tertiary/aromatic N) is 1. The summed E-state index contributed by atoms with van der Waals surface area (Å²) in [7, 11) is -3.09. The van der Waals surface area contributed by atoms with Crippen LogP contribution in [0, 0.1) is 0 Å². The van der Waals surface area contributed by atoms with Crippen LogP contribution in [0.15, 0.2) is 0 Å². The molecular weight excluding hydrogens is 188 g/mol. The molecule has 0 aromatic heterocycles. The van der Waals surface area contributed by atoms with Crippen LogP contribution in [0.1, 0.15) is 27.2 Å². The third-order valence-corrected chi connectivity index (χ3v) is 4.58. The Morgan fingerprint density at radius 1 is 1.54 bits per heavy atom. The Balaban J connectivity index is 2.94. The standard InChI is InChI=1S/C8H18N2O2S/c1-4-13(11,12)10-6-7(9)5-8(10,2)3/h7H,4-6,9H2,1-3H3. The van der Waals surface area contributed by atoms with Crippen molar-refractivity contribution in [3.8, 4) is 0 Å². The van der Waals surface area contributed by atoms with Crippen LogP contribution in [0.2, 0.25) is 0 Å². The van der Waals surface area contributed by atoms with Crippen molar-refractivity contribution in [2.45, 2.75) is 38.8 Å². The lowest BCUT2D eigenvalue weighted by Crippen LogP contribution is -2.43. The summed E-state index contributed by atoms with van der Waals surface area (Å²) in [5.41, 5.74) is 5.43. The maximum absolute atomic E-state index is 11.6. The Morgan fingerprint density at radius 2 is 2.08 bits per heavy atom. The van der Waals surface area contributed by atoms with E-state index in [-0.39, 0.29) is 17.3 Å². The van der Waals surface area contributed by atoms with Crippen molar-refractivity contribution in [1.82, 2.24) is 4.31 Å². The summed E-state index contributed by atoms with van der Waals surface area (Å²) in [6, 6.07) is -0.0173. The SMILES string of the molecule is CCS(=O)(=O)N1CC(N)CC1(C)C. The molecule has 13 heavy (non-hydrogen) atoms. The summed E-state index contributed by atoms with van der Waals surface area (Å²) in [4.78, 5) is 0. The van der Waals surface area contributed by atoms with Crippen LogP contribution in [0.25, 0.3) is 0 Å². The average molecular weight is 206 g/mol. The fourth-order valence-electron chi connectivity index (χ4n) is 1.91. The van der Waals surface area contributed by atoms with Gasteiger partial charge in [0.1, 0.15) is 0 Å². The molecule has 1 atom stereocenters. The highest BCUT2D eigenvalue weighted by atomic mass is 32.2. The molecule has 1 aliphatic rings. The molecule has 4 nitrogen and oxygen atoms in total. The second-order valence-corrected chi connectivity index (χ2v) is 6.39. The van der Waals surface area contributed by atoms with Crippen LogP contribution >= 0.6 is 0 Å². The summed E-state index contributed by atoms with van der Waals surface area (Å²) < 4.78 is 24.8. The van der Waals surface area contributed by atoms with Gasteiger partial charge in [-0.3, -0.25) is 0 Å². The van der Waals surface area contributed by atoms with Crippen LogP contribution in [-0.4, -0.2) is 36.6 Å². The Labute approximate surface area is 80.1 Å². The number of hydrogen-bond donors (Lipinski definition) is 1. The van der Waals surface area contributed by atoms with Crippen molar-refractivity contribution in [3.05, 3.63) is 0 Å². The van der Waals surface area contributed by atoms with Crippen LogP contribution in [0.3, 0.4) is 0 Å². The molecule has 1 aliphatic heterocycles. The second-order valence-electron chi connectivity index (χ2n) is 4.21. The van der Waals surface area contributed by atoms with Gasteiger partial charge < -0.3 is 5.73 Å². The van der Waals surface area contributed by atoms with E-state index in [0.29, 0.717) is 6.54 Å². The third-order valence-electron chi connectivity index (χ3n) is 2.54. The Kier molecular flexibility index (Phi) is 2.71. The highest BCUT2D eigenvalue weighted by Crippen LogP contribution is 2.30. The molecule has 1 rings (SSSR count). The highest BCUT2D eigenvalue weighted by Gasteiger charge is 2.42. The van der Waals surface area contributed by atoms with Gasteiger partial charge in [0.15, 0.2) is 0 Å². The summed E-state index contributed by atoms with van der Waals surface area (Å²) in [5, 5.41) is 0. The molecule has 0 radical (unpaired) electrons. The smallest absolute Gasteiger partial charge is 0.214 e. The van der Waals surface area contributed by atoms with Crippen molar-refractivity contribution in [1.29, 1.82) is 0 Å². The summed E-state index contributed by atoms with van der Waals surface area (Å²) in [5.74, 6) is 0.156. The van der Waals surface area contributed by atoms with E-state index < -0.39 is 10.0 Å². The van der Waals surface area contributed by atoms with Crippen LogP contribution < -0.4 is 5.73 Å². The van der Waals surface area contributed by atoms with E-state index in [1.807, 2.05) is 13.8 Å². The normalized spacial score (nSPS) is 29.4. The van der Waals surface area contributed by atoms with E-state index >= 15 is 0 Å². The molecule has 0 aliphatic carbocycles. The molecular formula is C8H18N2O2S. The molecule has 1 saturated heterocycles. The van der Waals surface area contributed by atoms with E-state index in [9.17, 15) is 8.42 Å². The second kappa shape index (κ2) is 3.22. The maximum Gasteiger partial charge on any atom is 0.214 e. The predicted octanol–water partition coefficient (Wildman–Crippen LogP) is 0.148. The lowest BCUT2D eigenvalue weighted by Gasteiger charge is -2.29. The monoisotopic (exact) mass is 206 g/mol. The number of sulfonamides is 1. The molecule has 0 amide bonds. The number of rotatable bonds is 2. The van der Waals surface area contributed by atoms with Crippen LogP contribution in [0.4, 0.5) is 0 Å². The molecule has 0 saturated carbocycles.